The first-order valence-electron chi connectivity index (χ1n) is 9.27. The molecule has 0 aliphatic rings. The molecule has 2 heterocycles. The van der Waals surface area contributed by atoms with Crippen molar-refractivity contribution in [2.75, 3.05) is 5.32 Å². The van der Waals surface area contributed by atoms with Crippen molar-refractivity contribution in [2.24, 2.45) is 0 Å². The van der Waals surface area contributed by atoms with E-state index in [1.165, 1.54) is 0 Å². The number of carbonyl (C=O) groups excluding carboxylic acids is 1. The van der Waals surface area contributed by atoms with Gasteiger partial charge in [0.2, 0.25) is 0 Å². The second kappa shape index (κ2) is 7.20. The van der Waals surface area contributed by atoms with Crippen LogP contribution in [0.15, 0.2) is 75.9 Å². The van der Waals surface area contributed by atoms with Crippen molar-refractivity contribution in [1.29, 1.82) is 0 Å². The van der Waals surface area contributed by atoms with Crippen molar-refractivity contribution in [2.45, 2.75) is 6.92 Å². The first kappa shape index (κ1) is 18.2. The smallest absolute Gasteiger partial charge is 0.344 e. The van der Waals surface area contributed by atoms with E-state index in [9.17, 15) is 9.59 Å². The van der Waals surface area contributed by atoms with Crippen molar-refractivity contribution >= 4 is 45.3 Å². The summed E-state index contributed by atoms with van der Waals surface area (Å²) in [4.78, 5) is 25.4. The number of hydrogen-bond donors (Lipinski definition) is 1. The summed E-state index contributed by atoms with van der Waals surface area (Å²) in [5, 5.41) is 3.76. The molecule has 0 fully saturated rings. The van der Waals surface area contributed by atoms with E-state index in [-0.39, 0.29) is 5.91 Å². The number of rotatable bonds is 3. The molecule has 0 spiro atoms. The van der Waals surface area contributed by atoms with Crippen molar-refractivity contribution in [3.05, 3.63) is 88.3 Å². The van der Waals surface area contributed by atoms with E-state index in [0.29, 0.717) is 33.5 Å². The molecule has 1 amide bonds. The van der Waals surface area contributed by atoms with Crippen LogP contribution >= 0.6 is 11.7 Å². The highest BCUT2D eigenvalue weighted by Crippen LogP contribution is 2.27. The van der Waals surface area contributed by atoms with E-state index in [2.05, 4.69) is 14.1 Å². The molecule has 1 N–H and O–H groups in total. The fourth-order valence-corrected chi connectivity index (χ4v) is 3.93. The molecule has 5 rings (SSSR count). The monoisotopic (exact) mass is 413 g/mol. The molecule has 7 heteroatoms. The van der Waals surface area contributed by atoms with Crippen LogP contribution in [-0.4, -0.2) is 14.7 Å². The summed E-state index contributed by atoms with van der Waals surface area (Å²) in [7, 11) is 0. The van der Waals surface area contributed by atoms with Gasteiger partial charge in [-0.1, -0.05) is 36.4 Å². The van der Waals surface area contributed by atoms with Crippen molar-refractivity contribution in [3.63, 3.8) is 0 Å². The predicted octanol–water partition coefficient (Wildman–Crippen LogP) is 5.03. The lowest BCUT2D eigenvalue weighted by molar-refractivity contribution is 0.102. The molecule has 5 aromatic rings. The summed E-state index contributed by atoms with van der Waals surface area (Å²) in [5.41, 5.74) is 4.48. The minimum Gasteiger partial charge on any atom is -0.422 e. The van der Waals surface area contributed by atoms with Gasteiger partial charge in [0.25, 0.3) is 5.91 Å². The van der Waals surface area contributed by atoms with Gasteiger partial charge in [-0.25, -0.2) is 4.79 Å². The molecule has 30 heavy (non-hydrogen) atoms. The topological polar surface area (TPSA) is 85.1 Å². The van der Waals surface area contributed by atoms with E-state index < -0.39 is 5.63 Å². The van der Waals surface area contributed by atoms with Crippen LogP contribution in [-0.2, 0) is 0 Å². The summed E-state index contributed by atoms with van der Waals surface area (Å²) in [6.07, 6.45) is 0. The molecule has 0 radical (unpaired) electrons. The number of carbonyl (C=O) groups is 1. The summed E-state index contributed by atoms with van der Waals surface area (Å²) >= 11 is 1.10. The van der Waals surface area contributed by atoms with Crippen LogP contribution in [0.2, 0.25) is 0 Å². The molecule has 0 aliphatic heterocycles. The van der Waals surface area contributed by atoms with Gasteiger partial charge in [-0.3, -0.25) is 4.79 Å². The fraction of sp³-hybridized carbons (Fsp3) is 0.0435. The number of benzene rings is 3. The van der Waals surface area contributed by atoms with E-state index in [1.54, 1.807) is 36.4 Å². The van der Waals surface area contributed by atoms with E-state index in [4.69, 9.17) is 4.42 Å². The highest BCUT2D eigenvalue weighted by molar-refractivity contribution is 7.00. The van der Waals surface area contributed by atoms with Crippen LogP contribution in [0.3, 0.4) is 0 Å². The van der Waals surface area contributed by atoms with Gasteiger partial charge in [-0.15, -0.1) is 0 Å². The van der Waals surface area contributed by atoms with Crippen LogP contribution in [0.1, 0.15) is 15.9 Å². The maximum Gasteiger partial charge on any atom is 0.344 e. The molecule has 6 nitrogen and oxygen atoms in total. The zero-order valence-corrected chi connectivity index (χ0v) is 16.7. The molecule has 0 atom stereocenters. The summed E-state index contributed by atoms with van der Waals surface area (Å²) in [6, 6.07) is 19.8. The highest BCUT2D eigenvalue weighted by atomic mass is 32.1. The Bertz CT molecular complexity index is 1490. The molecule has 0 aliphatic carbocycles. The number of para-hydroxylation sites is 1. The molecule has 0 saturated heterocycles. The van der Waals surface area contributed by atoms with Gasteiger partial charge in [0.05, 0.1) is 23.0 Å². The molecule has 0 unspecified atom stereocenters. The van der Waals surface area contributed by atoms with Gasteiger partial charge in [0.15, 0.2) is 0 Å². The molecule has 0 saturated carbocycles. The highest BCUT2D eigenvalue weighted by Gasteiger charge is 2.15. The largest absolute Gasteiger partial charge is 0.422 e. The Morgan fingerprint density at radius 1 is 1.00 bits per heavy atom. The lowest BCUT2D eigenvalue weighted by Crippen LogP contribution is -2.13. The number of anilines is 1. The molecule has 3 aromatic carbocycles. The Balaban J connectivity index is 1.53. The van der Waals surface area contributed by atoms with Crippen LogP contribution in [0, 0.1) is 6.92 Å². The van der Waals surface area contributed by atoms with Gasteiger partial charge >= 0.3 is 5.63 Å². The molecule has 2 aromatic heterocycles. The van der Waals surface area contributed by atoms with Gasteiger partial charge < -0.3 is 9.73 Å². The zero-order valence-electron chi connectivity index (χ0n) is 15.9. The molecular formula is C23H15N3O3S. The number of hydrogen-bond acceptors (Lipinski definition) is 6. The van der Waals surface area contributed by atoms with Crippen LogP contribution < -0.4 is 10.9 Å². The Morgan fingerprint density at radius 3 is 2.77 bits per heavy atom. The van der Waals surface area contributed by atoms with Crippen molar-refractivity contribution in [1.82, 2.24) is 8.75 Å². The second-order valence-electron chi connectivity index (χ2n) is 6.91. The van der Waals surface area contributed by atoms with Gasteiger partial charge in [0.1, 0.15) is 16.6 Å². The minimum absolute atomic E-state index is 0.286. The van der Waals surface area contributed by atoms with Crippen LogP contribution in [0.25, 0.3) is 33.1 Å². The SMILES string of the molecule is Cc1ccc2nsnc2c1NC(=O)c1cccc(-c2cc3ccccc3oc2=O)c1. The number of fused-ring (bicyclic) bond motifs is 2. The van der Waals surface area contributed by atoms with Gasteiger partial charge in [0, 0.05) is 10.9 Å². The number of nitrogens with one attached hydrogen (secondary N) is 1. The van der Waals surface area contributed by atoms with Gasteiger partial charge in [-0.05, 0) is 48.4 Å². The lowest BCUT2D eigenvalue weighted by Gasteiger charge is -2.10. The fourth-order valence-electron chi connectivity index (χ4n) is 3.39. The first-order chi connectivity index (χ1) is 14.6. The first-order valence-corrected chi connectivity index (χ1v) is 10.00. The summed E-state index contributed by atoms with van der Waals surface area (Å²) < 4.78 is 13.9. The Hall–Kier alpha value is -3.84. The van der Waals surface area contributed by atoms with Crippen molar-refractivity contribution < 1.29 is 9.21 Å². The third-order valence-electron chi connectivity index (χ3n) is 4.95. The van der Waals surface area contributed by atoms with E-state index >= 15 is 0 Å². The number of nitrogens with zero attached hydrogens (tertiary/aromatic N) is 2. The average molecular weight is 413 g/mol. The number of aryl methyl sites for hydroxylation is 1. The zero-order chi connectivity index (χ0) is 20.7. The lowest BCUT2D eigenvalue weighted by atomic mass is 10.0. The molecule has 0 bridgehead atoms. The standard InChI is InChI=1S/C23H15N3O3S/c1-13-9-10-18-21(26-30-25-18)20(13)24-22(27)16-7-4-6-14(11-16)17-12-15-5-2-3-8-19(15)29-23(17)28/h2-12H,1H3,(H,24,27). The van der Waals surface area contributed by atoms with Crippen LogP contribution in [0.4, 0.5) is 5.69 Å². The quantitative estimate of drug-likeness (QED) is 0.420. The number of aromatic nitrogens is 2. The minimum atomic E-state index is -0.444. The van der Waals surface area contributed by atoms with Gasteiger partial charge in [-0.2, -0.15) is 8.75 Å². The van der Waals surface area contributed by atoms with Crippen molar-refractivity contribution in [3.8, 4) is 11.1 Å². The third-order valence-corrected chi connectivity index (χ3v) is 5.49. The summed E-state index contributed by atoms with van der Waals surface area (Å²) in [6.45, 7) is 1.91. The number of amides is 1. The maximum atomic E-state index is 13.0. The average Bonchev–Trinajstić information content (AvgIpc) is 3.24. The molecular weight excluding hydrogens is 398 g/mol. The van der Waals surface area contributed by atoms with E-state index in [1.807, 2.05) is 37.3 Å². The van der Waals surface area contributed by atoms with E-state index in [0.717, 1.165) is 28.2 Å². The Labute approximate surface area is 175 Å². The second-order valence-corrected chi connectivity index (χ2v) is 7.44. The summed E-state index contributed by atoms with van der Waals surface area (Å²) in [5.74, 6) is -0.286. The third kappa shape index (κ3) is 3.15. The van der Waals surface area contributed by atoms with Crippen LogP contribution in [0.5, 0.6) is 0 Å². The maximum absolute atomic E-state index is 13.0. The Kier molecular flexibility index (Phi) is 4.37. The Morgan fingerprint density at radius 2 is 1.87 bits per heavy atom. The molecule has 146 valence electrons. The normalized spacial score (nSPS) is 11.1. The predicted molar refractivity (Wildman–Crippen MR) is 118 cm³/mol.